The van der Waals surface area contributed by atoms with E-state index in [0.717, 1.165) is 6.07 Å². The minimum atomic E-state index is -4.47. The molecule has 0 amide bonds. The largest absolute Gasteiger partial charge is 0.479 e. The highest BCUT2D eigenvalue weighted by molar-refractivity contribution is 5.71. The number of rotatable bonds is 4. The first-order valence-corrected chi connectivity index (χ1v) is 4.88. The lowest BCUT2D eigenvalue weighted by Crippen LogP contribution is -2.20. The fraction of sp³-hybridized carbons (Fsp3) is 0.364. The lowest BCUT2D eigenvalue weighted by atomic mass is 10.0. The number of aliphatic hydroxyl groups is 1. The van der Waals surface area contributed by atoms with Crippen molar-refractivity contribution in [3.63, 3.8) is 0 Å². The summed E-state index contributed by atoms with van der Waals surface area (Å²) in [6.45, 7) is 0. The van der Waals surface area contributed by atoms with Crippen molar-refractivity contribution in [3.8, 4) is 0 Å². The van der Waals surface area contributed by atoms with Crippen LogP contribution in [-0.4, -0.2) is 22.3 Å². The number of carbonyl (C=O) groups is 1. The van der Waals surface area contributed by atoms with E-state index in [0.29, 0.717) is 0 Å². The van der Waals surface area contributed by atoms with Gasteiger partial charge in [0.15, 0.2) is 6.10 Å². The van der Waals surface area contributed by atoms with Gasteiger partial charge < -0.3 is 10.2 Å². The number of carboxylic acid groups (broad SMARTS) is 1. The first kappa shape index (κ1) is 13.5. The van der Waals surface area contributed by atoms with E-state index in [1.165, 1.54) is 18.2 Å². The average molecular weight is 248 g/mol. The summed E-state index contributed by atoms with van der Waals surface area (Å²) in [5, 5.41) is 17.4. The van der Waals surface area contributed by atoms with Gasteiger partial charge in [0.25, 0.3) is 0 Å². The van der Waals surface area contributed by atoms with Crippen LogP contribution in [0.3, 0.4) is 0 Å². The zero-order valence-corrected chi connectivity index (χ0v) is 8.74. The number of aryl methyl sites for hydroxylation is 1. The average Bonchev–Trinajstić information content (AvgIpc) is 2.24. The predicted octanol–water partition coefficient (Wildman–Crippen LogP) is 2.08. The molecule has 94 valence electrons. The number of benzene rings is 1. The van der Waals surface area contributed by atoms with Gasteiger partial charge in [-0.3, -0.25) is 0 Å². The topological polar surface area (TPSA) is 57.5 Å². The third kappa shape index (κ3) is 3.74. The molecule has 0 saturated carbocycles. The Balaban J connectivity index is 2.81. The molecular weight excluding hydrogens is 237 g/mol. The molecule has 6 heteroatoms. The monoisotopic (exact) mass is 248 g/mol. The number of carboxylic acids is 1. The van der Waals surface area contributed by atoms with Crippen LogP contribution in [0.4, 0.5) is 13.2 Å². The quantitative estimate of drug-likeness (QED) is 0.857. The second-order valence-electron chi connectivity index (χ2n) is 3.55. The summed E-state index contributed by atoms with van der Waals surface area (Å²) in [5.41, 5.74) is -0.808. The maximum atomic E-state index is 12.6. The van der Waals surface area contributed by atoms with Crippen molar-refractivity contribution in [1.29, 1.82) is 0 Å². The second-order valence-corrected chi connectivity index (χ2v) is 3.55. The lowest BCUT2D eigenvalue weighted by Gasteiger charge is -2.13. The molecule has 3 nitrogen and oxygen atoms in total. The van der Waals surface area contributed by atoms with Crippen LogP contribution in [0.5, 0.6) is 0 Å². The zero-order chi connectivity index (χ0) is 13.1. The van der Waals surface area contributed by atoms with Gasteiger partial charge in [0.1, 0.15) is 0 Å². The van der Waals surface area contributed by atoms with Gasteiger partial charge in [-0.05, 0) is 24.5 Å². The van der Waals surface area contributed by atoms with Crippen LogP contribution >= 0.6 is 0 Å². The van der Waals surface area contributed by atoms with Crippen LogP contribution in [0.2, 0.25) is 0 Å². The number of hydrogen-bond acceptors (Lipinski definition) is 2. The fourth-order valence-corrected chi connectivity index (χ4v) is 1.43. The van der Waals surface area contributed by atoms with Crippen LogP contribution in [0.1, 0.15) is 17.5 Å². The van der Waals surface area contributed by atoms with Crippen molar-refractivity contribution >= 4 is 5.97 Å². The van der Waals surface area contributed by atoms with Crippen LogP contribution < -0.4 is 0 Å². The minimum absolute atomic E-state index is 0.0136. The highest BCUT2D eigenvalue weighted by Crippen LogP contribution is 2.32. The van der Waals surface area contributed by atoms with Gasteiger partial charge in [-0.25, -0.2) is 4.79 Å². The first-order chi connectivity index (χ1) is 7.82. The van der Waals surface area contributed by atoms with Gasteiger partial charge in [-0.2, -0.15) is 13.2 Å². The molecule has 0 fully saturated rings. The molecule has 17 heavy (non-hydrogen) atoms. The maximum Gasteiger partial charge on any atom is 0.416 e. The van der Waals surface area contributed by atoms with Gasteiger partial charge in [-0.15, -0.1) is 0 Å². The smallest absolute Gasteiger partial charge is 0.416 e. The van der Waals surface area contributed by atoms with E-state index in [9.17, 15) is 18.0 Å². The summed E-state index contributed by atoms with van der Waals surface area (Å²) < 4.78 is 37.7. The fourth-order valence-electron chi connectivity index (χ4n) is 1.43. The number of aliphatic hydroxyl groups excluding tert-OH is 1. The molecule has 0 aliphatic rings. The summed E-state index contributed by atoms with van der Waals surface area (Å²) >= 11 is 0. The van der Waals surface area contributed by atoms with Crippen molar-refractivity contribution in [2.24, 2.45) is 0 Å². The van der Waals surface area contributed by atoms with Gasteiger partial charge in [0, 0.05) is 0 Å². The molecule has 0 aromatic heterocycles. The predicted molar refractivity (Wildman–Crippen MR) is 53.4 cm³/mol. The Labute approximate surface area is 95.5 Å². The molecule has 2 N–H and O–H groups in total. The molecular formula is C11H11F3O3. The van der Waals surface area contributed by atoms with Crippen molar-refractivity contribution in [2.75, 3.05) is 0 Å². The highest BCUT2D eigenvalue weighted by Gasteiger charge is 2.32. The van der Waals surface area contributed by atoms with Crippen molar-refractivity contribution in [3.05, 3.63) is 35.4 Å². The van der Waals surface area contributed by atoms with E-state index < -0.39 is 23.8 Å². The Hall–Kier alpha value is -1.56. The summed E-state index contributed by atoms with van der Waals surface area (Å²) in [6, 6.07) is 4.91. The van der Waals surface area contributed by atoms with E-state index in [4.69, 9.17) is 10.2 Å². The number of halogens is 3. The summed E-state index contributed by atoms with van der Waals surface area (Å²) in [5.74, 6) is -1.44. The van der Waals surface area contributed by atoms with Crippen molar-refractivity contribution in [2.45, 2.75) is 25.1 Å². The van der Waals surface area contributed by atoms with Crippen molar-refractivity contribution in [1.82, 2.24) is 0 Å². The molecule has 0 aliphatic carbocycles. The molecule has 0 saturated heterocycles. The third-order valence-corrected chi connectivity index (χ3v) is 2.29. The zero-order valence-electron chi connectivity index (χ0n) is 8.74. The minimum Gasteiger partial charge on any atom is -0.479 e. The number of alkyl halides is 3. The molecule has 0 aliphatic heterocycles. The van der Waals surface area contributed by atoms with Crippen LogP contribution in [0.15, 0.2) is 24.3 Å². The van der Waals surface area contributed by atoms with E-state index in [1.54, 1.807) is 0 Å². The molecule has 0 bridgehead atoms. The number of hydrogen-bond donors (Lipinski definition) is 2. The second kappa shape index (κ2) is 5.18. The Morgan fingerprint density at radius 1 is 1.29 bits per heavy atom. The standard InChI is InChI=1S/C11H11F3O3/c12-11(13,14)8-4-2-1-3-7(8)5-6-9(15)10(16)17/h1-4,9,15H,5-6H2,(H,16,17). The molecule has 0 heterocycles. The van der Waals surface area contributed by atoms with Crippen LogP contribution in [0.25, 0.3) is 0 Å². The van der Waals surface area contributed by atoms with E-state index in [2.05, 4.69) is 0 Å². The molecule has 1 aromatic rings. The Morgan fingerprint density at radius 3 is 2.41 bits per heavy atom. The molecule has 1 atom stereocenters. The normalized spacial score (nSPS) is 13.4. The Morgan fingerprint density at radius 2 is 1.88 bits per heavy atom. The Kier molecular flexibility index (Phi) is 4.11. The SMILES string of the molecule is O=C(O)C(O)CCc1ccccc1C(F)(F)F. The highest BCUT2D eigenvalue weighted by atomic mass is 19.4. The summed E-state index contributed by atoms with van der Waals surface area (Å²) in [7, 11) is 0. The van der Waals surface area contributed by atoms with Crippen molar-refractivity contribution < 1.29 is 28.2 Å². The summed E-state index contributed by atoms with van der Waals surface area (Å²) in [4.78, 5) is 10.3. The number of aliphatic carboxylic acids is 1. The first-order valence-electron chi connectivity index (χ1n) is 4.88. The maximum absolute atomic E-state index is 12.6. The molecule has 0 radical (unpaired) electrons. The summed E-state index contributed by atoms with van der Waals surface area (Å²) in [6.07, 6.45) is -6.49. The van der Waals surface area contributed by atoms with E-state index >= 15 is 0 Å². The van der Waals surface area contributed by atoms with Gasteiger partial charge in [0.05, 0.1) is 5.56 Å². The van der Waals surface area contributed by atoms with E-state index in [-0.39, 0.29) is 18.4 Å². The van der Waals surface area contributed by atoms with Gasteiger partial charge in [-0.1, -0.05) is 18.2 Å². The molecule has 1 aromatic carbocycles. The van der Waals surface area contributed by atoms with Crippen LogP contribution in [0, 0.1) is 0 Å². The molecule has 1 unspecified atom stereocenters. The molecule has 1 rings (SSSR count). The van der Waals surface area contributed by atoms with Crippen LogP contribution in [-0.2, 0) is 17.4 Å². The molecule has 0 spiro atoms. The van der Waals surface area contributed by atoms with Gasteiger partial charge in [0.2, 0.25) is 0 Å². The lowest BCUT2D eigenvalue weighted by molar-refractivity contribution is -0.146. The van der Waals surface area contributed by atoms with E-state index in [1.807, 2.05) is 0 Å². The Bertz CT molecular complexity index is 401. The van der Waals surface area contributed by atoms with Gasteiger partial charge >= 0.3 is 12.1 Å². The third-order valence-electron chi connectivity index (χ3n) is 2.29.